The second-order valence-electron chi connectivity index (χ2n) is 4.50. The molecule has 0 bridgehead atoms. The number of ether oxygens (including phenoxy) is 1. The number of aromatic nitrogens is 1. The topological polar surface area (TPSA) is 34.1 Å². The first-order valence-electron chi connectivity index (χ1n) is 6.22. The number of nitrogens with one attached hydrogen (secondary N) is 1. The van der Waals surface area contributed by atoms with E-state index in [1.165, 1.54) is 41.2 Å². The maximum atomic E-state index is 5.31. The molecule has 0 radical (unpaired) electrons. The first kappa shape index (κ1) is 13.1. The predicted octanol–water partition coefficient (Wildman–Crippen LogP) is 3.12. The van der Waals surface area contributed by atoms with Crippen LogP contribution >= 0.6 is 22.6 Å². The van der Waals surface area contributed by atoms with E-state index in [1.807, 2.05) is 6.07 Å². The van der Waals surface area contributed by atoms with Crippen LogP contribution in [-0.2, 0) is 6.54 Å². The zero-order valence-corrected chi connectivity index (χ0v) is 12.4. The van der Waals surface area contributed by atoms with Crippen molar-refractivity contribution in [2.75, 3.05) is 7.11 Å². The van der Waals surface area contributed by atoms with E-state index in [1.54, 1.807) is 13.3 Å². The molecule has 0 unspecified atom stereocenters. The molecule has 94 valence electrons. The molecule has 1 saturated carbocycles. The highest BCUT2D eigenvalue weighted by atomic mass is 127. The lowest BCUT2D eigenvalue weighted by molar-refractivity contribution is 0.360. The van der Waals surface area contributed by atoms with Crippen LogP contribution in [0.25, 0.3) is 0 Å². The van der Waals surface area contributed by atoms with Gasteiger partial charge in [-0.15, -0.1) is 0 Å². The van der Waals surface area contributed by atoms with E-state index in [0.717, 1.165) is 12.4 Å². The van der Waals surface area contributed by atoms with Gasteiger partial charge in [-0.25, -0.2) is 4.98 Å². The summed E-state index contributed by atoms with van der Waals surface area (Å²) in [6, 6.07) is 2.70. The van der Waals surface area contributed by atoms with Crippen molar-refractivity contribution in [2.45, 2.75) is 44.7 Å². The molecule has 4 heteroatoms. The lowest BCUT2D eigenvalue weighted by atomic mass is 9.95. The van der Waals surface area contributed by atoms with Crippen LogP contribution in [0.4, 0.5) is 0 Å². The molecule has 3 nitrogen and oxygen atoms in total. The Kier molecular flexibility index (Phi) is 5.03. The molecule has 2 rings (SSSR count). The second kappa shape index (κ2) is 6.54. The second-order valence-corrected chi connectivity index (χ2v) is 5.66. The Morgan fingerprint density at radius 2 is 2.18 bits per heavy atom. The highest BCUT2D eigenvalue weighted by molar-refractivity contribution is 14.1. The summed E-state index contributed by atoms with van der Waals surface area (Å²) in [5, 5.41) is 3.63. The maximum Gasteiger partial charge on any atom is 0.218 e. The van der Waals surface area contributed by atoms with E-state index >= 15 is 0 Å². The predicted molar refractivity (Wildman–Crippen MR) is 77.2 cm³/mol. The average Bonchev–Trinajstić information content (AvgIpc) is 2.38. The van der Waals surface area contributed by atoms with Crippen LogP contribution in [0.5, 0.6) is 5.88 Å². The van der Waals surface area contributed by atoms with Crippen LogP contribution in [0.1, 0.15) is 37.7 Å². The molecule has 0 amide bonds. The highest BCUT2D eigenvalue weighted by Crippen LogP contribution is 2.22. The molecule has 17 heavy (non-hydrogen) atoms. The lowest BCUT2D eigenvalue weighted by Crippen LogP contribution is -2.30. The lowest BCUT2D eigenvalue weighted by Gasteiger charge is -2.23. The normalized spacial score (nSPS) is 17.1. The molecule has 1 heterocycles. The Morgan fingerprint density at radius 1 is 1.41 bits per heavy atom. The highest BCUT2D eigenvalue weighted by Gasteiger charge is 2.15. The van der Waals surface area contributed by atoms with Gasteiger partial charge in [0.05, 0.1) is 7.11 Å². The Hall–Kier alpha value is -0.360. The Labute approximate surface area is 116 Å². The van der Waals surface area contributed by atoms with Gasteiger partial charge < -0.3 is 10.1 Å². The molecule has 0 spiro atoms. The monoisotopic (exact) mass is 346 g/mol. The molecule has 0 aliphatic heterocycles. The molecule has 1 aliphatic carbocycles. The zero-order valence-electron chi connectivity index (χ0n) is 10.2. The van der Waals surface area contributed by atoms with Crippen molar-refractivity contribution in [3.63, 3.8) is 0 Å². The van der Waals surface area contributed by atoms with E-state index in [0.29, 0.717) is 6.04 Å². The molecule has 1 aromatic heterocycles. The van der Waals surface area contributed by atoms with Crippen LogP contribution in [-0.4, -0.2) is 18.1 Å². The van der Waals surface area contributed by atoms with E-state index < -0.39 is 0 Å². The molecular formula is C13H19IN2O. The fraction of sp³-hybridized carbons (Fsp3) is 0.615. The molecule has 0 saturated heterocycles. The quantitative estimate of drug-likeness (QED) is 0.851. The van der Waals surface area contributed by atoms with Gasteiger partial charge in [0.15, 0.2) is 0 Å². The summed E-state index contributed by atoms with van der Waals surface area (Å²) in [7, 11) is 1.68. The van der Waals surface area contributed by atoms with Gasteiger partial charge in [0.25, 0.3) is 0 Å². The van der Waals surface area contributed by atoms with Crippen LogP contribution in [0.3, 0.4) is 0 Å². The minimum Gasteiger partial charge on any atom is -0.481 e. The minimum atomic E-state index is 0.671. The van der Waals surface area contributed by atoms with Gasteiger partial charge in [0.2, 0.25) is 5.88 Å². The summed E-state index contributed by atoms with van der Waals surface area (Å²) in [6.45, 7) is 0.861. The Bertz CT molecular complexity index is 364. The number of hydrogen-bond acceptors (Lipinski definition) is 3. The molecule has 1 N–H and O–H groups in total. The van der Waals surface area contributed by atoms with Crippen LogP contribution < -0.4 is 10.1 Å². The molecule has 0 atom stereocenters. The third-order valence-electron chi connectivity index (χ3n) is 3.33. The number of methoxy groups -OCH3 is 1. The van der Waals surface area contributed by atoms with E-state index in [2.05, 4.69) is 32.9 Å². The van der Waals surface area contributed by atoms with Gasteiger partial charge in [0, 0.05) is 27.9 Å². The van der Waals surface area contributed by atoms with Gasteiger partial charge in [-0.1, -0.05) is 19.3 Å². The Morgan fingerprint density at radius 3 is 2.88 bits per heavy atom. The summed E-state index contributed by atoms with van der Waals surface area (Å²) >= 11 is 2.34. The van der Waals surface area contributed by atoms with Crippen molar-refractivity contribution in [3.8, 4) is 5.88 Å². The minimum absolute atomic E-state index is 0.671. The maximum absolute atomic E-state index is 5.31. The van der Waals surface area contributed by atoms with Crippen molar-refractivity contribution in [1.29, 1.82) is 0 Å². The van der Waals surface area contributed by atoms with Gasteiger partial charge in [-0.05, 0) is 41.5 Å². The fourth-order valence-electron chi connectivity index (χ4n) is 2.34. The number of pyridine rings is 1. The average molecular weight is 346 g/mol. The number of nitrogens with zero attached hydrogens (tertiary/aromatic N) is 1. The zero-order chi connectivity index (χ0) is 12.1. The van der Waals surface area contributed by atoms with Crippen LogP contribution in [0.2, 0.25) is 0 Å². The van der Waals surface area contributed by atoms with Crippen molar-refractivity contribution >= 4 is 22.6 Å². The smallest absolute Gasteiger partial charge is 0.218 e. The van der Waals surface area contributed by atoms with Gasteiger partial charge in [-0.3, -0.25) is 0 Å². The van der Waals surface area contributed by atoms with Gasteiger partial charge in [-0.2, -0.15) is 0 Å². The van der Waals surface area contributed by atoms with E-state index in [9.17, 15) is 0 Å². The third kappa shape index (κ3) is 3.55. The van der Waals surface area contributed by atoms with Crippen LogP contribution in [0, 0.1) is 3.57 Å². The van der Waals surface area contributed by atoms with E-state index in [-0.39, 0.29) is 0 Å². The largest absolute Gasteiger partial charge is 0.481 e. The van der Waals surface area contributed by atoms with Crippen LogP contribution in [0.15, 0.2) is 12.3 Å². The third-order valence-corrected chi connectivity index (χ3v) is 4.34. The van der Waals surface area contributed by atoms with Crippen molar-refractivity contribution in [2.24, 2.45) is 0 Å². The van der Waals surface area contributed by atoms with Crippen molar-refractivity contribution in [3.05, 3.63) is 21.4 Å². The summed E-state index contributed by atoms with van der Waals surface area (Å²) < 4.78 is 6.53. The fourth-order valence-corrected chi connectivity index (χ4v) is 2.92. The summed E-state index contributed by atoms with van der Waals surface area (Å²) in [5.74, 6) is 0.750. The standard InChI is InChI=1S/C13H19IN2O/c1-17-13-11(12(14)7-8-15-13)9-16-10-5-3-2-4-6-10/h7-8,10,16H,2-6,9H2,1H3. The first-order valence-corrected chi connectivity index (χ1v) is 7.30. The van der Waals surface area contributed by atoms with Gasteiger partial charge >= 0.3 is 0 Å². The van der Waals surface area contributed by atoms with Crippen molar-refractivity contribution in [1.82, 2.24) is 10.3 Å². The number of rotatable bonds is 4. The Balaban J connectivity index is 1.97. The summed E-state index contributed by atoms with van der Waals surface area (Å²) in [4.78, 5) is 4.25. The summed E-state index contributed by atoms with van der Waals surface area (Å²) in [6.07, 6.45) is 8.52. The molecule has 1 aromatic rings. The molecule has 0 aromatic carbocycles. The number of halogens is 1. The van der Waals surface area contributed by atoms with Gasteiger partial charge in [0.1, 0.15) is 0 Å². The molecule has 1 fully saturated rings. The molecular weight excluding hydrogens is 327 g/mol. The molecule has 1 aliphatic rings. The number of hydrogen-bond donors (Lipinski definition) is 1. The summed E-state index contributed by atoms with van der Waals surface area (Å²) in [5.41, 5.74) is 1.18. The first-order chi connectivity index (χ1) is 8.31. The van der Waals surface area contributed by atoms with Crippen molar-refractivity contribution < 1.29 is 4.74 Å². The SMILES string of the molecule is COc1nccc(I)c1CNC1CCCCC1. The van der Waals surface area contributed by atoms with E-state index in [4.69, 9.17) is 4.74 Å².